The highest BCUT2D eigenvalue weighted by atomic mass is 79.9. The van der Waals surface area contributed by atoms with E-state index in [4.69, 9.17) is 10.5 Å². The van der Waals surface area contributed by atoms with Crippen molar-refractivity contribution in [2.75, 3.05) is 12.8 Å². The second kappa shape index (κ2) is 6.43. The number of ether oxygens (including phenoxy) is 1. The van der Waals surface area contributed by atoms with Gasteiger partial charge in [0.05, 0.1) is 12.7 Å². The molecule has 0 radical (unpaired) electrons. The summed E-state index contributed by atoms with van der Waals surface area (Å²) in [5.41, 5.74) is 7.71. The van der Waals surface area contributed by atoms with Gasteiger partial charge in [-0.25, -0.2) is 0 Å². The minimum atomic E-state index is -0.197. The third kappa shape index (κ3) is 3.30. The van der Waals surface area contributed by atoms with Crippen LogP contribution in [-0.2, 0) is 6.54 Å². The average molecular weight is 335 g/mol. The van der Waals surface area contributed by atoms with Crippen molar-refractivity contribution >= 4 is 27.5 Å². The predicted octanol–water partition coefficient (Wildman–Crippen LogP) is 2.97. The Hall–Kier alpha value is -2.01. The topological polar surface area (TPSA) is 64.3 Å². The lowest BCUT2D eigenvalue weighted by molar-refractivity contribution is 0.0948. The van der Waals surface area contributed by atoms with Crippen LogP contribution in [0.15, 0.2) is 46.9 Å². The zero-order valence-corrected chi connectivity index (χ0v) is 12.6. The first kappa shape index (κ1) is 14.4. The van der Waals surface area contributed by atoms with Crippen LogP contribution in [-0.4, -0.2) is 13.0 Å². The summed E-state index contributed by atoms with van der Waals surface area (Å²) in [6.45, 7) is 0.438. The lowest BCUT2D eigenvalue weighted by Gasteiger charge is -2.10. The molecule has 1 amide bonds. The molecule has 0 unspecified atom stereocenters. The highest BCUT2D eigenvalue weighted by molar-refractivity contribution is 9.10. The summed E-state index contributed by atoms with van der Waals surface area (Å²) in [5, 5.41) is 2.86. The molecule has 4 nitrogen and oxygen atoms in total. The number of anilines is 1. The van der Waals surface area contributed by atoms with Crippen LogP contribution >= 0.6 is 15.9 Å². The number of halogens is 1. The molecule has 0 atom stereocenters. The van der Waals surface area contributed by atoms with E-state index in [2.05, 4.69) is 21.2 Å². The highest BCUT2D eigenvalue weighted by Gasteiger charge is 2.12. The number of hydrogen-bond donors (Lipinski definition) is 2. The number of carbonyl (C=O) groups is 1. The number of nitrogens with one attached hydrogen (secondary N) is 1. The van der Waals surface area contributed by atoms with Crippen LogP contribution < -0.4 is 15.8 Å². The van der Waals surface area contributed by atoms with Crippen molar-refractivity contribution in [2.45, 2.75) is 6.54 Å². The lowest BCUT2D eigenvalue weighted by atomic mass is 10.1. The Balaban J connectivity index is 2.11. The number of benzene rings is 2. The van der Waals surface area contributed by atoms with Gasteiger partial charge in [-0.3, -0.25) is 4.79 Å². The summed E-state index contributed by atoms with van der Waals surface area (Å²) in [6.07, 6.45) is 0. The number of rotatable bonds is 4. The van der Waals surface area contributed by atoms with E-state index in [0.717, 1.165) is 10.0 Å². The molecule has 2 rings (SSSR count). The highest BCUT2D eigenvalue weighted by Crippen LogP contribution is 2.22. The number of carbonyl (C=O) groups excluding carboxylic acids is 1. The number of hydrogen-bond acceptors (Lipinski definition) is 3. The van der Waals surface area contributed by atoms with Gasteiger partial charge in [0.15, 0.2) is 0 Å². The van der Waals surface area contributed by atoms with Crippen LogP contribution in [0.25, 0.3) is 0 Å². The third-order valence-corrected chi connectivity index (χ3v) is 3.64. The van der Waals surface area contributed by atoms with E-state index >= 15 is 0 Å². The molecule has 0 saturated carbocycles. The molecular formula is C15H15BrN2O2. The summed E-state index contributed by atoms with van der Waals surface area (Å²) < 4.78 is 6.14. The fraction of sp³-hybridized carbons (Fsp3) is 0.133. The van der Waals surface area contributed by atoms with Crippen LogP contribution in [0.5, 0.6) is 5.75 Å². The van der Waals surface area contributed by atoms with Crippen LogP contribution in [0.3, 0.4) is 0 Å². The fourth-order valence-corrected chi connectivity index (χ4v) is 2.23. The van der Waals surface area contributed by atoms with Crippen molar-refractivity contribution in [3.05, 3.63) is 58.1 Å². The maximum Gasteiger partial charge on any atom is 0.255 e. The number of amides is 1. The zero-order valence-electron chi connectivity index (χ0n) is 11.0. The fourth-order valence-electron chi connectivity index (χ4n) is 1.81. The molecule has 0 aliphatic carbocycles. The van der Waals surface area contributed by atoms with E-state index in [-0.39, 0.29) is 5.91 Å². The molecule has 0 aliphatic rings. The Labute approximate surface area is 126 Å². The lowest BCUT2D eigenvalue weighted by Crippen LogP contribution is -2.23. The van der Waals surface area contributed by atoms with E-state index < -0.39 is 0 Å². The Bertz CT molecular complexity index is 629. The zero-order chi connectivity index (χ0) is 14.5. The van der Waals surface area contributed by atoms with Crippen molar-refractivity contribution in [2.24, 2.45) is 0 Å². The minimum absolute atomic E-state index is 0.197. The number of nitrogen functional groups attached to an aromatic ring is 1. The van der Waals surface area contributed by atoms with Crippen molar-refractivity contribution in [3.63, 3.8) is 0 Å². The SMILES string of the molecule is COc1cc(N)ccc1C(=O)NCc1ccccc1Br. The van der Waals surface area contributed by atoms with Crippen LogP contribution in [0.2, 0.25) is 0 Å². The number of nitrogens with two attached hydrogens (primary N) is 1. The first-order valence-electron chi connectivity index (χ1n) is 6.07. The molecule has 104 valence electrons. The Morgan fingerprint density at radius 2 is 2.05 bits per heavy atom. The summed E-state index contributed by atoms with van der Waals surface area (Å²) >= 11 is 3.45. The van der Waals surface area contributed by atoms with E-state index in [0.29, 0.717) is 23.5 Å². The monoisotopic (exact) mass is 334 g/mol. The van der Waals surface area contributed by atoms with Crippen LogP contribution in [0, 0.1) is 0 Å². The molecule has 3 N–H and O–H groups in total. The molecule has 20 heavy (non-hydrogen) atoms. The third-order valence-electron chi connectivity index (χ3n) is 2.87. The van der Waals surface area contributed by atoms with E-state index in [9.17, 15) is 4.79 Å². The second-order valence-corrected chi connectivity index (χ2v) is 5.09. The molecule has 0 aliphatic heterocycles. The van der Waals surface area contributed by atoms with Crippen molar-refractivity contribution in [1.29, 1.82) is 0 Å². The van der Waals surface area contributed by atoms with Gasteiger partial charge in [-0.15, -0.1) is 0 Å². The molecule has 2 aromatic carbocycles. The predicted molar refractivity (Wildman–Crippen MR) is 82.7 cm³/mol. The van der Waals surface area contributed by atoms with Gasteiger partial charge in [0, 0.05) is 22.8 Å². The molecule has 0 spiro atoms. The molecule has 0 bridgehead atoms. The average Bonchev–Trinajstić information content (AvgIpc) is 2.46. The van der Waals surface area contributed by atoms with Crippen molar-refractivity contribution < 1.29 is 9.53 Å². The maximum atomic E-state index is 12.2. The summed E-state index contributed by atoms with van der Waals surface area (Å²) in [7, 11) is 1.51. The maximum absolute atomic E-state index is 12.2. The smallest absolute Gasteiger partial charge is 0.255 e. The van der Waals surface area contributed by atoms with Gasteiger partial charge in [-0.2, -0.15) is 0 Å². The standard InChI is InChI=1S/C15H15BrN2O2/c1-20-14-8-11(17)6-7-12(14)15(19)18-9-10-4-2-3-5-13(10)16/h2-8H,9,17H2,1H3,(H,18,19). The second-order valence-electron chi connectivity index (χ2n) is 4.23. The number of methoxy groups -OCH3 is 1. The Morgan fingerprint density at radius 3 is 2.75 bits per heavy atom. The Kier molecular flexibility index (Phi) is 4.63. The van der Waals surface area contributed by atoms with E-state index in [1.54, 1.807) is 18.2 Å². The van der Waals surface area contributed by atoms with Gasteiger partial charge in [0.2, 0.25) is 0 Å². The molecule has 0 heterocycles. The van der Waals surface area contributed by atoms with E-state index in [1.165, 1.54) is 7.11 Å². The van der Waals surface area contributed by atoms with Gasteiger partial charge < -0.3 is 15.8 Å². The van der Waals surface area contributed by atoms with Crippen LogP contribution in [0.1, 0.15) is 15.9 Å². The molecule has 0 saturated heterocycles. The summed E-state index contributed by atoms with van der Waals surface area (Å²) in [5.74, 6) is 0.271. The summed E-state index contributed by atoms with van der Waals surface area (Å²) in [4.78, 5) is 12.2. The van der Waals surface area contributed by atoms with Crippen LogP contribution in [0.4, 0.5) is 5.69 Å². The molecule has 5 heteroatoms. The van der Waals surface area contributed by atoms with Gasteiger partial charge >= 0.3 is 0 Å². The van der Waals surface area contributed by atoms with Gasteiger partial charge in [-0.1, -0.05) is 34.1 Å². The van der Waals surface area contributed by atoms with Gasteiger partial charge in [0.1, 0.15) is 5.75 Å². The van der Waals surface area contributed by atoms with Crippen molar-refractivity contribution in [1.82, 2.24) is 5.32 Å². The van der Waals surface area contributed by atoms with E-state index in [1.807, 2.05) is 24.3 Å². The van der Waals surface area contributed by atoms with Gasteiger partial charge in [0.25, 0.3) is 5.91 Å². The van der Waals surface area contributed by atoms with Crippen molar-refractivity contribution in [3.8, 4) is 5.75 Å². The summed E-state index contributed by atoms with van der Waals surface area (Å²) in [6, 6.07) is 12.7. The molecule has 0 fully saturated rings. The molecular weight excluding hydrogens is 320 g/mol. The normalized spacial score (nSPS) is 10.1. The Morgan fingerprint density at radius 1 is 1.30 bits per heavy atom. The largest absolute Gasteiger partial charge is 0.496 e. The molecule has 0 aromatic heterocycles. The minimum Gasteiger partial charge on any atom is -0.496 e. The first-order chi connectivity index (χ1) is 9.61. The quantitative estimate of drug-likeness (QED) is 0.845. The van der Waals surface area contributed by atoms with Gasteiger partial charge in [-0.05, 0) is 23.8 Å². The molecule has 2 aromatic rings. The first-order valence-corrected chi connectivity index (χ1v) is 6.86.